The van der Waals surface area contributed by atoms with Crippen molar-refractivity contribution in [1.29, 1.82) is 0 Å². The molecule has 0 saturated heterocycles. The van der Waals surface area contributed by atoms with Crippen molar-refractivity contribution in [3.63, 3.8) is 0 Å². The zero-order valence-corrected chi connectivity index (χ0v) is 73.3. The smallest absolute Gasteiger partial charge is 0.309 e. The lowest BCUT2D eigenvalue weighted by atomic mass is 9.86. The zero-order valence-electron chi connectivity index (χ0n) is 73.3. The summed E-state index contributed by atoms with van der Waals surface area (Å²) in [6, 6.07) is 16.2. The van der Waals surface area contributed by atoms with Crippen molar-refractivity contribution in [3.05, 3.63) is 115 Å². The molecule has 0 heterocycles. The lowest BCUT2D eigenvalue weighted by Crippen LogP contribution is -2.23. The monoisotopic (exact) mass is 1510 g/mol. The van der Waals surface area contributed by atoms with Gasteiger partial charge in [-0.05, 0) is 338 Å². The summed E-state index contributed by atoms with van der Waals surface area (Å²) in [6.45, 7) is 50.6. The fraction of sp³-hybridized carbons (Fsp3) is 0.708. The number of rotatable bonds is 44. The molecular formula is C96H160O12. The number of benzene rings is 4. The van der Waals surface area contributed by atoms with Crippen LogP contribution in [0.25, 0.3) is 0 Å². The molecule has 4 rings (SSSR count). The summed E-state index contributed by atoms with van der Waals surface area (Å²) in [4.78, 5) is 44.7. The van der Waals surface area contributed by atoms with E-state index in [1.165, 1.54) is 96.7 Å². The maximum Gasteiger partial charge on any atom is 0.309 e. The molecule has 616 valence electrons. The molecule has 0 aromatic heterocycles. The van der Waals surface area contributed by atoms with E-state index in [1.54, 1.807) is 51.5 Å². The summed E-state index contributed by atoms with van der Waals surface area (Å²) < 4.78 is 0. The topological polar surface area (TPSA) is 230 Å². The van der Waals surface area contributed by atoms with Gasteiger partial charge in [0.25, 0.3) is 0 Å². The molecule has 0 fully saturated rings. The molecule has 0 spiro atoms. The number of hydrogen-bond acceptors (Lipinski definition) is 8. The molecule has 0 aliphatic heterocycles. The van der Waals surface area contributed by atoms with Crippen LogP contribution >= 0.6 is 0 Å². The maximum absolute atomic E-state index is 11.2. The van der Waals surface area contributed by atoms with E-state index in [9.17, 15) is 60.0 Å². The van der Waals surface area contributed by atoms with E-state index in [2.05, 4.69) is 135 Å². The number of unbranched alkanes of at least 4 members (excludes halogenated alkanes) is 12. The van der Waals surface area contributed by atoms with Crippen molar-refractivity contribution < 1.29 is 60.0 Å². The molecule has 0 amide bonds. The first-order chi connectivity index (χ1) is 49.7. The highest BCUT2D eigenvalue weighted by molar-refractivity contribution is 5.74. The molecule has 8 N–H and O–H groups in total. The SMILES string of the molecule is CC(C)(C)CCCCc1c(CCCCCC(C)(C)C(=O)O)ccc(O)c1O.CC(C)(C)CCCCc1cc(O)c(O)cc1CCCCCC(C)(C)C(=O)O.Cc1cc(CCCCCC(C)(C)C(=O)O)c(CCCCC(C)(C)C)cc1C.Cc1ccc(CCCCCC(C)(C)C(=O)O)c(CCCCC(C)(C)C)c1C. The van der Waals surface area contributed by atoms with Crippen molar-refractivity contribution in [2.75, 3.05) is 0 Å². The van der Waals surface area contributed by atoms with Crippen LogP contribution in [0.5, 0.6) is 23.0 Å². The minimum Gasteiger partial charge on any atom is -0.504 e. The fourth-order valence-corrected chi connectivity index (χ4v) is 13.7. The van der Waals surface area contributed by atoms with Crippen LogP contribution in [0.15, 0.2) is 48.5 Å². The normalized spacial score (nSPS) is 12.4. The van der Waals surface area contributed by atoms with Gasteiger partial charge in [-0.1, -0.05) is 190 Å². The molecule has 12 heteroatoms. The number of aliphatic carboxylic acids is 4. The first kappa shape index (κ1) is 100.0. The lowest BCUT2D eigenvalue weighted by Gasteiger charge is -2.19. The number of hydrogen-bond donors (Lipinski definition) is 8. The van der Waals surface area contributed by atoms with Crippen LogP contribution in [0.3, 0.4) is 0 Å². The van der Waals surface area contributed by atoms with Crippen LogP contribution in [0.2, 0.25) is 0 Å². The highest BCUT2D eigenvalue weighted by Gasteiger charge is 2.30. The average Bonchev–Trinajstić information content (AvgIpc) is 0.829. The van der Waals surface area contributed by atoms with E-state index in [0.29, 0.717) is 34.5 Å². The molecule has 12 nitrogen and oxygen atoms in total. The predicted molar refractivity (Wildman–Crippen MR) is 454 cm³/mol. The first-order valence-electron chi connectivity index (χ1n) is 41.9. The van der Waals surface area contributed by atoms with Crippen molar-refractivity contribution in [2.24, 2.45) is 43.3 Å². The molecule has 108 heavy (non-hydrogen) atoms. The maximum atomic E-state index is 11.2. The van der Waals surface area contributed by atoms with Gasteiger partial charge in [0.05, 0.1) is 21.7 Å². The Morgan fingerprint density at radius 3 is 0.769 bits per heavy atom. The van der Waals surface area contributed by atoms with Crippen LogP contribution < -0.4 is 0 Å². The number of aromatic hydroxyl groups is 4. The summed E-state index contributed by atoms with van der Waals surface area (Å²) >= 11 is 0. The average molecular weight is 1510 g/mol. The second-order valence-corrected chi connectivity index (χ2v) is 39.6. The zero-order chi connectivity index (χ0) is 82.7. The molecule has 0 bridgehead atoms. The van der Waals surface area contributed by atoms with Crippen molar-refractivity contribution in [1.82, 2.24) is 0 Å². The number of phenols is 4. The minimum atomic E-state index is -0.747. The predicted octanol–water partition coefficient (Wildman–Crippen LogP) is 26.7. The molecule has 0 aliphatic rings. The third-order valence-corrected chi connectivity index (χ3v) is 22.2. The lowest BCUT2D eigenvalue weighted by molar-refractivity contribution is -0.148. The summed E-state index contributed by atoms with van der Waals surface area (Å²) in [5.74, 6) is -3.00. The van der Waals surface area contributed by atoms with E-state index < -0.39 is 45.5 Å². The molecular weight excluding hydrogens is 1350 g/mol. The third-order valence-electron chi connectivity index (χ3n) is 22.2. The molecule has 0 unspecified atom stereocenters. The van der Waals surface area contributed by atoms with Crippen LogP contribution in [-0.2, 0) is 70.5 Å². The quantitative estimate of drug-likeness (QED) is 0.0153. The van der Waals surface area contributed by atoms with Gasteiger partial charge in [0.15, 0.2) is 23.0 Å². The standard InChI is InChI=1S/2C25H42O2.2C23H38O4/c1-19-15-16-21(13-9-8-11-18-25(6,7)23(26)27)22(20(19)2)14-10-12-17-24(3,4)5;1-19-17-21(13-9-8-11-16-25(6,7)23(26)27)22(18-20(19)2)14-10-12-15-24(3,4)5;1-22(2,3)15-10-8-12-18-17(13-14-19(24)20(18)25)11-7-6-9-16-23(4,5)21(26)27;1-22(2,3)13-10-8-12-18-16-20(25)19(24)15-17(18)11-7-6-9-14-23(4,5)21(26)27/h15-16H,8-14,17-18H2,1-7H3,(H,26,27);17-18H,8-16H2,1-7H3,(H,26,27);13-14,24-25H,6-12,15-16H2,1-5H3,(H,26,27);15-16,24-25H,6-14H2,1-5H3,(H,26,27). The molecule has 0 atom stereocenters. The van der Waals surface area contributed by atoms with E-state index in [0.717, 1.165) is 183 Å². The highest BCUT2D eigenvalue weighted by Crippen LogP contribution is 2.37. The van der Waals surface area contributed by atoms with Gasteiger partial charge in [0.2, 0.25) is 0 Å². The second-order valence-electron chi connectivity index (χ2n) is 39.6. The fourth-order valence-electron chi connectivity index (χ4n) is 13.7. The summed E-state index contributed by atoms with van der Waals surface area (Å²) in [7, 11) is 0. The number of carboxylic acids is 4. The first-order valence-corrected chi connectivity index (χ1v) is 41.9. The number of aryl methyl sites for hydroxylation is 9. The van der Waals surface area contributed by atoms with Gasteiger partial charge in [0, 0.05) is 5.56 Å². The summed E-state index contributed by atoms with van der Waals surface area (Å²) in [6.07, 6.45) is 37.2. The third kappa shape index (κ3) is 42.4. The Labute approximate surface area is 659 Å². The van der Waals surface area contributed by atoms with Gasteiger partial charge in [-0.2, -0.15) is 0 Å². The molecule has 4 aromatic rings. The number of carbonyl (C=O) groups is 4. The number of carboxylic acid groups (broad SMARTS) is 4. The van der Waals surface area contributed by atoms with Crippen molar-refractivity contribution in [2.45, 2.75) is 397 Å². The van der Waals surface area contributed by atoms with Crippen LogP contribution in [0.1, 0.15) is 385 Å². The highest BCUT2D eigenvalue weighted by atomic mass is 16.4. The van der Waals surface area contributed by atoms with Gasteiger partial charge < -0.3 is 40.9 Å². The Hall–Kier alpha value is -6.04. The Morgan fingerprint density at radius 1 is 0.250 bits per heavy atom. The van der Waals surface area contributed by atoms with Crippen molar-refractivity contribution >= 4 is 23.9 Å². The second kappa shape index (κ2) is 47.4. The molecule has 0 saturated carbocycles. The molecule has 0 radical (unpaired) electrons. The van der Waals surface area contributed by atoms with E-state index in [-0.39, 0.29) is 23.0 Å². The molecule has 4 aromatic carbocycles. The van der Waals surface area contributed by atoms with Gasteiger partial charge in [-0.15, -0.1) is 0 Å². The Bertz CT molecular complexity index is 3020. The van der Waals surface area contributed by atoms with Gasteiger partial charge in [-0.25, -0.2) is 0 Å². The minimum absolute atomic E-state index is 0.0234. The van der Waals surface area contributed by atoms with E-state index >= 15 is 0 Å². The Kier molecular flexibility index (Phi) is 43.8. The van der Waals surface area contributed by atoms with Crippen LogP contribution in [-0.4, -0.2) is 64.7 Å². The summed E-state index contributed by atoms with van der Waals surface area (Å²) in [5.41, 5.74) is 14.9. The van der Waals surface area contributed by atoms with E-state index in [1.807, 2.05) is 33.8 Å². The van der Waals surface area contributed by atoms with Crippen LogP contribution in [0.4, 0.5) is 0 Å². The van der Waals surface area contributed by atoms with Gasteiger partial charge in [-0.3, -0.25) is 19.2 Å². The van der Waals surface area contributed by atoms with E-state index in [4.69, 9.17) is 0 Å². The molecule has 0 aliphatic carbocycles. The summed E-state index contributed by atoms with van der Waals surface area (Å²) in [5, 5.41) is 76.6. The Morgan fingerprint density at radius 2 is 0.481 bits per heavy atom. The van der Waals surface area contributed by atoms with Gasteiger partial charge >= 0.3 is 23.9 Å². The number of phenolic OH excluding ortho intramolecular Hbond substituents is 4. The Balaban J connectivity index is 0.000000720. The van der Waals surface area contributed by atoms with Gasteiger partial charge in [0.1, 0.15) is 0 Å². The largest absolute Gasteiger partial charge is 0.504 e. The van der Waals surface area contributed by atoms with Crippen molar-refractivity contribution in [3.8, 4) is 23.0 Å². The van der Waals surface area contributed by atoms with Crippen LogP contribution in [0, 0.1) is 71.0 Å².